The van der Waals surface area contributed by atoms with Crippen LogP contribution in [0.1, 0.15) is 69.9 Å². The second kappa shape index (κ2) is 9.96. The molecule has 1 rings (SSSR count). The van der Waals surface area contributed by atoms with E-state index in [9.17, 15) is 4.39 Å². The molecule has 0 saturated carbocycles. The predicted octanol–water partition coefficient (Wildman–Crippen LogP) is 5.23. The standard InChI is InChI=1S/C17H28FN/c1-3-4-5-6-7-8-9-10-17(19-2)15-11-13-16(18)14-12-15/h11-14,17,19H,3-10H2,1-2H3. The van der Waals surface area contributed by atoms with Crippen LogP contribution in [-0.4, -0.2) is 7.05 Å². The molecule has 0 aromatic heterocycles. The fourth-order valence-corrected chi connectivity index (χ4v) is 2.48. The molecule has 1 N–H and O–H groups in total. The van der Waals surface area contributed by atoms with Crippen LogP contribution in [0.3, 0.4) is 0 Å². The molecule has 0 aliphatic carbocycles. The molecule has 0 spiro atoms. The van der Waals surface area contributed by atoms with Crippen LogP contribution in [0.4, 0.5) is 4.39 Å². The molecule has 1 aromatic rings. The van der Waals surface area contributed by atoms with Gasteiger partial charge in [0.15, 0.2) is 0 Å². The zero-order chi connectivity index (χ0) is 13.9. The van der Waals surface area contributed by atoms with Crippen molar-refractivity contribution >= 4 is 0 Å². The summed E-state index contributed by atoms with van der Waals surface area (Å²) in [5.41, 5.74) is 1.19. The van der Waals surface area contributed by atoms with Crippen molar-refractivity contribution in [3.05, 3.63) is 35.6 Å². The molecule has 0 bridgehead atoms. The lowest BCUT2D eigenvalue weighted by molar-refractivity contribution is 0.495. The Bertz CT molecular complexity index is 321. The van der Waals surface area contributed by atoms with E-state index in [0.29, 0.717) is 6.04 Å². The molecule has 0 saturated heterocycles. The highest BCUT2D eigenvalue weighted by Crippen LogP contribution is 2.20. The molecule has 0 amide bonds. The van der Waals surface area contributed by atoms with Crippen LogP contribution in [0.5, 0.6) is 0 Å². The summed E-state index contributed by atoms with van der Waals surface area (Å²) in [6.45, 7) is 2.25. The second-order valence-corrected chi connectivity index (χ2v) is 5.30. The van der Waals surface area contributed by atoms with Gasteiger partial charge in [0.05, 0.1) is 0 Å². The number of hydrogen-bond donors (Lipinski definition) is 1. The third kappa shape index (κ3) is 6.72. The predicted molar refractivity (Wildman–Crippen MR) is 80.8 cm³/mol. The Morgan fingerprint density at radius 3 is 2.11 bits per heavy atom. The molecular weight excluding hydrogens is 237 g/mol. The fraction of sp³-hybridized carbons (Fsp3) is 0.647. The number of benzene rings is 1. The molecule has 1 atom stereocenters. The fourth-order valence-electron chi connectivity index (χ4n) is 2.48. The lowest BCUT2D eigenvalue weighted by Crippen LogP contribution is -2.16. The molecule has 0 heterocycles. The third-order valence-corrected chi connectivity index (χ3v) is 3.72. The quantitative estimate of drug-likeness (QED) is 0.571. The summed E-state index contributed by atoms with van der Waals surface area (Å²) in [6.07, 6.45) is 10.5. The largest absolute Gasteiger partial charge is 0.313 e. The zero-order valence-corrected chi connectivity index (χ0v) is 12.4. The smallest absolute Gasteiger partial charge is 0.123 e. The maximum Gasteiger partial charge on any atom is 0.123 e. The molecule has 0 aliphatic rings. The van der Waals surface area contributed by atoms with Crippen molar-refractivity contribution < 1.29 is 4.39 Å². The first-order valence-corrected chi connectivity index (χ1v) is 7.70. The van der Waals surface area contributed by atoms with Crippen molar-refractivity contribution in [1.29, 1.82) is 0 Å². The number of hydrogen-bond acceptors (Lipinski definition) is 1. The van der Waals surface area contributed by atoms with E-state index in [0.717, 1.165) is 6.42 Å². The third-order valence-electron chi connectivity index (χ3n) is 3.72. The van der Waals surface area contributed by atoms with Gasteiger partial charge in [-0.1, -0.05) is 64.0 Å². The maximum atomic E-state index is 12.9. The van der Waals surface area contributed by atoms with Crippen molar-refractivity contribution in [3.8, 4) is 0 Å². The van der Waals surface area contributed by atoms with E-state index in [4.69, 9.17) is 0 Å². The van der Waals surface area contributed by atoms with E-state index >= 15 is 0 Å². The van der Waals surface area contributed by atoms with Crippen LogP contribution in [0.25, 0.3) is 0 Å². The Hall–Kier alpha value is -0.890. The van der Waals surface area contributed by atoms with Crippen molar-refractivity contribution in [2.45, 2.75) is 64.3 Å². The van der Waals surface area contributed by atoms with Gasteiger partial charge in [-0.3, -0.25) is 0 Å². The van der Waals surface area contributed by atoms with Gasteiger partial charge in [-0.05, 0) is 31.2 Å². The minimum absolute atomic E-state index is 0.158. The minimum atomic E-state index is -0.158. The summed E-state index contributed by atoms with van der Waals surface area (Å²) < 4.78 is 12.9. The van der Waals surface area contributed by atoms with Gasteiger partial charge < -0.3 is 5.32 Å². The number of rotatable bonds is 10. The van der Waals surface area contributed by atoms with E-state index in [-0.39, 0.29) is 5.82 Å². The maximum absolute atomic E-state index is 12.9. The summed E-state index contributed by atoms with van der Waals surface area (Å²) in [4.78, 5) is 0. The Morgan fingerprint density at radius 1 is 0.947 bits per heavy atom. The molecule has 108 valence electrons. The van der Waals surface area contributed by atoms with E-state index < -0.39 is 0 Å². The van der Waals surface area contributed by atoms with Gasteiger partial charge >= 0.3 is 0 Å². The van der Waals surface area contributed by atoms with Crippen molar-refractivity contribution in [1.82, 2.24) is 5.32 Å². The topological polar surface area (TPSA) is 12.0 Å². The number of halogens is 1. The number of nitrogens with one attached hydrogen (secondary N) is 1. The van der Waals surface area contributed by atoms with Gasteiger partial charge in [-0.2, -0.15) is 0 Å². The Kier molecular flexibility index (Phi) is 8.48. The lowest BCUT2D eigenvalue weighted by Gasteiger charge is -2.16. The van der Waals surface area contributed by atoms with Gasteiger partial charge in [0, 0.05) is 6.04 Å². The Balaban J connectivity index is 2.20. The summed E-state index contributed by atoms with van der Waals surface area (Å²) in [5.74, 6) is -0.158. The normalized spacial score (nSPS) is 12.6. The summed E-state index contributed by atoms with van der Waals surface area (Å²) >= 11 is 0. The van der Waals surface area contributed by atoms with E-state index in [1.54, 1.807) is 12.1 Å². The highest BCUT2D eigenvalue weighted by Gasteiger charge is 2.08. The van der Waals surface area contributed by atoms with Crippen LogP contribution < -0.4 is 5.32 Å². The van der Waals surface area contributed by atoms with E-state index in [2.05, 4.69) is 12.2 Å². The molecule has 1 nitrogen and oxygen atoms in total. The second-order valence-electron chi connectivity index (χ2n) is 5.30. The van der Waals surface area contributed by atoms with Crippen LogP contribution in [-0.2, 0) is 0 Å². The Morgan fingerprint density at radius 2 is 1.53 bits per heavy atom. The molecule has 2 heteroatoms. The zero-order valence-electron chi connectivity index (χ0n) is 12.4. The van der Waals surface area contributed by atoms with Gasteiger partial charge in [-0.15, -0.1) is 0 Å². The first kappa shape index (κ1) is 16.2. The molecule has 1 aromatic carbocycles. The van der Waals surface area contributed by atoms with Crippen molar-refractivity contribution in [3.63, 3.8) is 0 Å². The molecule has 0 fully saturated rings. The summed E-state index contributed by atoms with van der Waals surface area (Å²) in [6, 6.07) is 7.22. The van der Waals surface area contributed by atoms with Crippen LogP contribution >= 0.6 is 0 Å². The van der Waals surface area contributed by atoms with Crippen LogP contribution in [0.2, 0.25) is 0 Å². The molecular formula is C17H28FN. The summed E-state index contributed by atoms with van der Waals surface area (Å²) in [7, 11) is 1.98. The average molecular weight is 265 g/mol. The summed E-state index contributed by atoms with van der Waals surface area (Å²) in [5, 5.41) is 3.33. The first-order chi connectivity index (χ1) is 9.27. The van der Waals surface area contributed by atoms with E-state index in [1.165, 1.54) is 50.5 Å². The van der Waals surface area contributed by atoms with Gasteiger partial charge in [0.1, 0.15) is 5.82 Å². The minimum Gasteiger partial charge on any atom is -0.313 e. The SMILES string of the molecule is CCCCCCCCCC(NC)c1ccc(F)cc1. The molecule has 19 heavy (non-hydrogen) atoms. The average Bonchev–Trinajstić information content (AvgIpc) is 2.43. The monoisotopic (exact) mass is 265 g/mol. The van der Waals surface area contributed by atoms with Crippen LogP contribution in [0, 0.1) is 5.82 Å². The highest BCUT2D eigenvalue weighted by molar-refractivity contribution is 5.19. The van der Waals surface area contributed by atoms with Gasteiger partial charge in [0.25, 0.3) is 0 Å². The number of unbranched alkanes of at least 4 members (excludes halogenated alkanes) is 6. The first-order valence-electron chi connectivity index (χ1n) is 7.70. The molecule has 0 aliphatic heterocycles. The van der Waals surface area contributed by atoms with Crippen molar-refractivity contribution in [2.24, 2.45) is 0 Å². The molecule has 1 unspecified atom stereocenters. The van der Waals surface area contributed by atoms with Gasteiger partial charge in [0.2, 0.25) is 0 Å². The van der Waals surface area contributed by atoms with E-state index in [1.807, 2.05) is 19.2 Å². The highest BCUT2D eigenvalue weighted by atomic mass is 19.1. The lowest BCUT2D eigenvalue weighted by atomic mass is 9.99. The van der Waals surface area contributed by atoms with Crippen molar-refractivity contribution in [2.75, 3.05) is 7.05 Å². The Labute approximate surface area is 117 Å². The van der Waals surface area contributed by atoms with Gasteiger partial charge in [-0.25, -0.2) is 4.39 Å². The molecule has 0 radical (unpaired) electrons. The van der Waals surface area contributed by atoms with Crippen LogP contribution in [0.15, 0.2) is 24.3 Å².